The third-order valence-corrected chi connectivity index (χ3v) is 4.26. The number of unbranched alkanes of at least 4 members (excludes halogenated alkanes) is 1. The van der Waals surface area contributed by atoms with Crippen LogP contribution in [0.25, 0.3) is 0 Å². The Morgan fingerprint density at radius 3 is 2.57 bits per heavy atom. The zero-order valence-electron chi connectivity index (χ0n) is 13.9. The van der Waals surface area contributed by atoms with Crippen LogP contribution >= 0.6 is 0 Å². The lowest BCUT2D eigenvalue weighted by Gasteiger charge is -2.22. The number of hydrogen-bond acceptors (Lipinski definition) is 2. The highest BCUT2D eigenvalue weighted by Crippen LogP contribution is 2.24. The molecule has 0 spiro atoms. The quantitative estimate of drug-likeness (QED) is 0.548. The molecule has 0 unspecified atom stereocenters. The number of nitrogens with one attached hydrogen (secondary N) is 1. The van der Waals surface area contributed by atoms with Crippen molar-refractivity contribution in [2.24, 2.45) is 10.9 Å². The van der Waals surface area contributed by atoms with Crippen LogP contribution in [0.1, 0.15) is 65.2 Å². The van der Waals surface area contributed by atoms with Crippen LogP contribution in [0.15, 0.2) is 28.4 Å². The van der Waals surface area contributed by atoms with Gasteiger partial charge in [0.25, 0.3) is 0 Å². The molecule has 0 aromatic rings. The van der Waals surface area contributed by atoms with Gasteiger partial charge in [-0.3, -0.25) is 9.79 Å². The van der Waals surface area contributed by atoms with Crippen LogP contribution in [0.2, 0.25) is 0 Å². The van der Waals surface area contributed by atoms with E-state index in [0.717, 1.165) is 48.9 Å². The Morgan fingerprint density at radius 1 is 1.33 bits per heavy atom. The van der Waals surface area contributed by atoms with Gasteiger partial charge in [-0.25, -0.2) is 0 Å². The van der Waals surface area contributed by atoms with Crippen LogP contribution in [0, 0.1) is 5.92 Å². The van der Waals surface area contributed by atoms with Gasteiger partial charge in [0.15, 0.2) is 0 Å². The van der Waals surface area contributed by atoms with E-state index < -0.39 is 0 Å². The number of allylic oxidation sites excluding steroid dienone is 3. The van der Waals surface area contributed by atoms with Gasteiger partial charge in [-0.1, -0.05) is 44.8 Å². The molecule has 1 saturated carbocycles. The number of carbonyl (C=O) groups excluding carboxylic acids is 1. The second-order valence-electron chi connectivity index (χ2n) is 5.96. The summed E-state index contributed by atoms with van der Waals surface area (Å²) in [5.41, 5.74) is 2.96. The van der Waals surface area contributed by atoms with Gasteiger partial charge in [-0.05, 0) is 38.2 Å². The highest BCUT2D eigenvalue weighted by molar-refractivity contribution is 5.90. The summed E-state index contributed by atoms with van der Waals surface area (Å²) in [5.74, 6) is 0.308. The number of amides is 1. The van der Waals surface area contributed by atoms with E-state index in [1.807, 2.05) is 6.92 Å². The molecule has 0 aliphatic heterocycles. The van der Waals surface area contributed by atoms with Gasteiger partial charge in [-0.2, -0.15) is 0 Å². The largest absolute Gasteiger partial charge is 0.324 e. The molecular formula is C18H30N2O. The van der Waals surface area contributed by atoms with E-state index in [-0.39, 0.29) is 11.8 Å². The smallest absolute Gasteiger partial charge is 0.227 e. The maximum absolute atomic E-state index is 12.4. The van der Waals surface area contributed by atoms with Gasteiger partial charge in [0.1, 0.15) is 0 Å². The average Bonchev–Trinajstić information content (AvgIpc) is 2.52. The Balaban J connectivity index is 2.75. The molecule has 0 radical (unpaired) electrons. The van der Waals surface area contributed by atoms with Crippen molar-refractivity contribution in [2.75, 3.05) is 7.05 Å². The van der Waals surface area contributed by atoms with E-state index in [0.29, 0.717) is 0 Å². The maximum atomic E-state index is 12.4. The molecule has 1 rings (SSSR count). The SMILES string of the molecule is C=C(CCCC)/C(C)=C(\C=NC)NC(=O)C1CCCCC1. The first-order valence-corrected chi connectivity index (χ1v) is 8.22. The summed E-state index contributed by atoms with van der Waals surface area (Å²) in [6, 6.07) is 0. The fourth-order valence-corrected chi connectivity index (χ4v) is 2.72. The van der Waals surface area contributed by atoms with Crippen molar-refractivity contribution >= 4 is 12.1 Å². The van der Waals surface area contributed by atoms with Gasteiger partial charge < -0.3 is 5.32 Å². The Bertz CT molecular complexity index is 415. The zero-order valence-corrected chi connectivity index (χ0v) is 13.9. The molecule has 0 atom stereocenters. The summed E-state index contributed by atoms with van der Waals surface area (Å²) in [7, 11) is 1.73. The predicted molar refractivity (Wildman–Crippen MR) is 90.5 cm³/mol. The lowest BCUT2D eigenvalue weighted by Crippen LogP contribution is -2.32. The fourth-order valence-electron chi connectivity index (χ4n) is 2.72. The molecule has 3 nitrogen and oxygen atoms in total. The molecule has 118 valence electrons. The summed E-state index contributed by atoms with van der Waals surface area (Å²) in [6.45, 7) is 8.34. The molecule has 0 aromatic carbocycles. The Labute approximate surface area is 129 Å². The molecule has 21 heavy (non-hydrogen) atoms. The van der Waals surface area contributed by atoms with Gasteiger partial charge in [0, 0.05) is 19.2 Å². The maximum Gasteiger partial charge on any atom is 0.227 e. The molecule has 0 saturated heterocycles. The van der Waals surface area contributed by atoms with Gasteiger partial charge in [-0.15, -0.1) is 0 Å². The first kappa shape index (κ1) is 17.7. The van der Waals surface area contributed by atoms with Crippen molar-refractivity contribution in [3.8, 4) is 0 Å². The van der Waals surface area contributed by atoms with Crippen molar-refractivity contribution in [3.05, 3.63) is 23.4 Å². The number of nitrogens with zero attached hydrogens (tertiary/aromatic N) is 1. The second kappa shape index (κ2) is 9.54. The van der Waals surface area contributed by atoms with Gasteiger partial charge in [0.2, 0.25) is 5.91 Å². The minimum absolute atomic E-state index is 0.146. The van der Waals surface area contributed by atoms with Crippen LogP contribution in [0.5, 0.6) is 0 Å². The van der Waals surface area contributed by atoms with Crippen molar-refractivity contribution in [3.63, 3.8) is 0 Å². The number of hydrogen-bond donors (Lipinski definition) is 1. The normalized spacial score (nSPS) is 17.7. The van der Waals surface area contributed by atoms with Crippen LogP contribution in [-0.2, 0) is 4.79 Å². The second-order valence-corrected chi connectivity index (χ2v) is 5.96. The topological polar surface area (TPSA) is 41.5 Å². The molecule has 1 fully saturated rings. The van der Waals surface area contributed by atoms with E-state index in [1.54, 1.807) is 13.3 Å². The van der Waals surface area contributed by atoms with Crippen molar-refractivity contribution in [1.82, 2.24) is 5.32 Å². The summed E-state index contributed by atoms with van der Waals surface area (Å²) >= 11 is 0. The van der Waals surface area contributed by atoms with Crippen LogP contribution < -0.4 is 5.32 Å². The number of aliphatic imine (C=N–C) groups is 1. The molecule has 1 N–H and O–H groups in total. The minimum Gasteiger partial charge on any atom is -0.324 e. The molecule has 0 aromatic heterocycles. The van der Waals surface area contributed by atoms with E-state index in [1.165, 1.54) is 19.3 Å². The predicted octanol–water partition coefficient (Wildman–Crippen LogP) is 4.40. The van der Waals surface area contributed by atoms with Crippen LogP contribution in [0.3, 0.4) is 0 Å². The standard InChI is InChI=1S/C18H30N2O/c1-5-6-10-14(2)15(3)17(13-19-4)20-18(21)16-11-8-7-9-12-16/h13,16H,2,5-12H2,1,3-4H3,(H,20,21)/b17-15+,19-13?. The summed E-state index contributed by atoms with van der Waals surface area (Å²) in [6.07, 6.45) is 10.6. The third-order valence-electron chi connectivity index (χ3n) is 4.26. The van der Waals surface area contributed by atoms with Gasteiger partial charge >= 0.3 is 0 Å². The highest BCUT2D eigenvalue weighted by Gasteiger charge is 2.21. The van der Waals surface area contributed by atoms with E-state index >= 15 is 0 Å². The van der Waals surface area contributed by atoms with Crippen molar-refractivity contribution in [1.29, 1.82) is 0 Å². The summed E-state index contributed by atoms with van der Waals surface area (Å²) in [5, 5.41) is 3.08. The van der Waals surface area contributed by atoms with Crippen LogP contribution in [0.4, 0.5) is 0 Å². The molecule has 1 aliphatic rings. The molecule has 0 heterocycles. The molecule has 3 heteroatoms. The Hall–Kier alpha value is -1.38. The molecule has 0 bridgehead atoms. The van der Waals surface area contributed by atoms with Gasteiger partial charge in [0.05, 0.1) is 5.70 Å². The van der Waals surface area contributed by atoms with E-state index in [4.69, 9.17) is 0 Å². The van der Waals surface area contributed by atoms with Crippen LogP contribution in [-0.4, -0.2) is 19.2 Å². The molecule has 1 amide bonds. The molecule has 1 aliphatic carbocycles. The van der Waals surface area contributed by atoms with E-state index in [2.05, 4.69) is 23.8 Å². The summed E-state index contributed by atoms with van der Waals surface area (Å²) in [4.78, 5) is 16.5. The van der Waals surface area contributed by atoms with Crippen molar-refractivity contribution < 1.29 is 4.79 Å². The lowest BCUT2D eigenvalue weighted by atomic mass is 9.88. The Morgan fingerprint density at radius 2 is 2.00 bits per heavy atom. The van der Waals surface area contributed by atoms with E-state index in [9.17, 15) is 4.79 Å². The number of rotatable bonds is 7. The molecular weight excluding hydrogens is 260 g/mol. The first-order valence-electron chi connectivity index (χ1n) is 8.22. The number of carbonyl (C=O) groups is 1. The fraction of sp³-hybridized carbons (Fsp3) is 0.667. The monoisotopic (exact) mass is 290 g/mol. The lowest BCUT2D eigenvalue weighted by molar-refractivity contribution is -0.125. The highest BCUT2D eigenvalue weighted by atomic mass is 16.1. The zero-order chi connectivity index (χ0) is 15.7. The first-order chi connectivity index (χ1) is 10.1. The Kier molecular flexibility index (Phi) is 8.03. The minimum atomic E-state index is 0.146. The third kappa shape index (κ3) is 5.86. The van der Waals surface area contributed by atoms with Crippen molar-refractivity contribution in [2.45, 2.75) is 65.2 Å². The average molecular weight is 290 g/mol. The summed E-state index contributed by atoms with van der Waals surface area (Å²) < 4.78 is 0.